The van der Waals surface area contributed by atoms with Crippen LogP contribution >= 0.6 is 0 Å². The van der Waals surface area contributed by atoms with E-state index in [2.05, 4.69) is 20.2 Å². The zero-order chi connectivity index (χ0) is 18.3. The third-order valence-corrected chi connectivity index (χ3v) is 5.25. The Bertz CT molecular complexity index is 1050. The van der Waals surface area contributed by atoms with Gasteiger partial charge >= 0.3 is 0 Å². The van der Waals surface area contributed by atoms with Crippen molar-refractivity contribution in [3.05, 3.63) is 53.6 Å². The van der Waals surface area contributed by atoms with Crippen molar-refractivity contribution in [2.45, 2.75) is 17.9 Å². The van der Waals surface area contributed by atoms with Crippen molar-refractivity contribution in [2.75, 3.05) is 6.54 Å². The monoisotopic (exact) mass is 372 g/mol. The number of sulfonamides is 1. The van der Waals surface area contributed by atoms with Gasteiger partial charge in [-0.25, -0.2) is 18.5 Å². The van der Waals surface area contributed by atoms with Crippen LogP contribution in [-0.4, -0.2) is 45.9 Å². The molecular weight excluding hydrogens is 356 g/mol. The van der Waals surface area contributed by atoms with Gasteiger partial charge in [-0.05, 0) is 24.3 Å². The van der Waals surface area contributed by atoms with Gasteiger partial charge < -0.3 is 9.88 Å². The van der Waals surface area contributed by atoms with Crippen LogP contribution in [-0.2, 0) is 23.0 Å². The largest absolute Gasteiger partial charge is 0.340 e. The highest BCUT2D eigenvalue weighted by atomic mass is 32.2. The second kappa shape index (κ2) is 6.07. The van der Waals surface area contributed by atoms with Crippen LogP contribution in [0.4, 0.5) is 0 Å². The number of nitrogens with two attached hydrogens (primary N) is 1. The highest BCUT2D eigenvalue weighted by molar-refractivity contribution is 7.89. The highest BCUT2D eigenvalue weighted by Gasteiger charge is 2.25. The van der Waals surface area contributed by atoms with E-state index in [1.54, 1.807) is 17.3 Å². The van der Waals surface area contributed by atoms with Crippen molar-refractivity contribution >= 4 is 15.9 Å². The summed E-state index contributed by atoms with van der Waals surface area (Å²) in [6, 6.07) is 5.62. The zero-order valence-electron chi connectivity index (χ0n) is 13.6. The van der Waals surface area contributed by atoms with E-state index in [9.17, 15) is 13.2 Å². The summed E-state index contributed by atoms with van der Waals surface area (Å²) < 4.78 is 22.6. The van der Waals surface area contributed by atoms with E-state index in [0.717, 1.165) is 22.8 Å². The zero-order valence-corrected chi connectivity index (χ0v) is 14.5. The smallest absolute Gasteiger partial charge is 0.254 e. The van der Waals surface area contributed by atoms with Crippen molar-refractivity contribution in [3.63, 3.8) is 0 Å². The van der Waals surface area contributed by atoms with Gasteiger partial charge in [0, 0.05) is 24.7 Å². The van der Waals surface area contributed by atoms with Gasteiger partial charge in [-0.2, -0.15) is 5.10 Å². The van der Waals surface area contributed by atoms with Gasteiger partial charge in [0.05, 0.1) is 34.6 Å². The molecule has 26 heavy (non-hydrogen) atoms. The number of fused-ring (bicyclic) bond motifs is 1. The van der Waals surface area contributed by atoms with E-state index < -0.39 is 10.0 Å². The van der Waals surface area contributed by atoms with Crippen LogP contribution in [0.25, 0.3) is 11.4 Å². The predicted molar refractivity (Wildman–Crippen MR) is 92.4 cm³/mol. The standard InChI is InChI=1S/C16H16N6O3S/c17-26(24,25)12-3-1-10(2-4-12)16(23)22-6-5-13-14(9-22)21-15(20-13)11-7-18-19-8-11/h1-4,7-8H,5-6,9H2,(H,18,19)(H,20,21)(H2,17,24,25). The quantitative estimate of drug-likeness (QED) is 0.619. The first kappa shape index (κ1) is 16.5. The molecule has 0 aliphatic carbocycles. The number of imidazole rings is 1. The molecule has 134 valence electrons. The van der Waals surface area contributed by atoms with Crippen molar-refractivity contribution in [1.82, 2.24) is 25.1 Å². The maximum absolute atomic E-state index is 12.7. The van der Waals surface area contributed by atoms with Gasteiger partial charge in [-0.3, -0.25) is 9.89 Å². The van der Waals surface area contributed by atoms with Gasteiger partial charge in [0.2, 0.25) is 10.0 Å². The number of hydrogen-bond donors (Lipinski definition) is 3. The normalized spacial score (nSPS) is 14.3. The van der Waals surface area contributed by atoms with Crippen LogP contribution in [0.5, 0.6) is 0 Å². The molecule has 0 unspecified atom stereocenters. The molecule has 2 aromatic heterocycles. The lowest BCUT2D eigenvalue weighted by Crippen LogP contribution is -2.36. The van der Waals surface area contributed by atoms with Crippen molar-refractivity contribution in [2.24, 2.45) is 5.14 Å². The topological polar surface area (TPSA) is 138 Å². The molecule has 0 saturated heterocycles. The van der Waals surface area contributed by atoms with Gasteiger partial charge in [0.15, 0.2) is 0 Å². The average molecular weight is 372 g/mol. The number of rotatable bonds is 3. The van der Waals surface area contributed by atoms with Gasteiger partial charge in [0.25, 0.3) is 5.91 Å². The number of nitrogens with zero attached hydrogens (tertiary/aromatic N) is 3. The molecule has 0 radical (unpaired) electrons. The second-order valence-electron chi connectivity index (χ2n) is 6.04. The Morgan fingerprint density at radius 3 is 2.65 bits per heavy atom. The first-order valence-electron chi connectivity index (χ1n) is 7.91. The summed E-state index contributed by atoms with van der Waals surface area (Å²) in [6.45, 7) is 0.953. The van der Waals surface area contributed by atoms with E-state index in [4.69, 9.17) is 5.14 Å². The molecule has 0 atom stereocenters. The molecule has 0 bridgehead atoms. The highest BCUT2D eigenvalue weighted by Crippen LogP contribution is 2.23. The summed E-state index contributed by atoms with van der Waals surface area (Å²) >= 11 is 0. The third-order valence-electron chi connectivity index (χ3n) is 4.32. The summed E-state index contributed by atoms with van der Waals surface area (Å²) in [4.78, 5) is 22.2. The Hall–Kier alpha value is -2.98. The van der Waals surface area contributed by atoms with Crippen LogP contribution in [0.1, 0.15) is 21.7 Å². The Labute approximate surface area is 149 Å². The molecular formula is C16H16N6O3S. The molecule has 0 saturated carbocycles. The summed E-state index contributed by atoms with van der Waals surface area (Å²) in [7, 11) is -3.77. The number of aromatic amines is 2. The van der Waals surface area contributed by atoms with Crippen LogP contribution in [0.15, 0.2) is 41.6 Å². The Morgan fingerprint density at radius 1 is 1.23 bits per heavy atom. The fraction of sp³-hybridized carbons (Fsp3) is 0.188. The molecule has 1 amide bonds. The maximum atomic E-state index is 12.7. The number of H-pyrrole nitrogens is 2. The molecule has 1 aliphatic rings. The fourth-order valence-electron chi connectivity index (χ4n) is 2.95. The minimum Gasteiger partial charge on any atom is -0.340 e. The average Bonchev–Trinajstić information content (AvgIpc) is 3.29. The summed E-state index contributed by atoms with van der Waals surface area (Å²) in [5.41, 5.74) is 3.10. The minimum absolute atomic E-state index is 0.0201. The maximum Gasteiger partial charge on any atom is 0.254 e. The molecule has 3 aromatic rings. The number of aromatic nitrogens is 4. The van der Waals surface area contributed by atoms with Crippen molar-refractivity contribution < 1.29 is 13.2 Å². The summed E-state index contributed by atoms with van der Waals surface area (Å²) in [5.74, 6) is 0.548. The number of primary sulfonamides is 1. The molecule has 10 heteroatoms. The fourth-order valence-corrected chi connectivity index (χ4v) is 3.47. The van der Waals surface area contributed by atoms with Crippen LogP contribution in [0.3, 0.4) is 0 Å². The first-order chi connectivity index (χ1) is 12.4. The molecule has 0 fully saturated rings. The van der Waals surface area contributed by atoms with Gasteiger partial charge in [0.1, 0.15) is 5.82 Å². The number of carbonyl (C=O) groups is 1. The summed E-state index contributed by atoms with van der Waals surface area (Å²) in [6.07, 6.45) is 4.07. The number of hydrogen-bond acceptors (Lipinski definition) is 5. The Morgan fingerprint density at radius 2 is 2.00 bits per heavy atom. The lowest BCUT2D eigenvalue weighted by atomic mass is 10.1. The van der Waals surface area contributed by atoms with E-state index >= 15 is 0 Å². The molecule has 4 N–H and O–H groups in total. The lowest BCUT2D eigenvalue weighted by molar-refractivity contribution is 0.0732. The van der Waals surface area contributed by atoms with E-state index in [1.807, 2.05) is 0 Å². The molecule has 1 aliphatic heterocycles. The van der Waals surface area contributed by atoms with Gasteiger partial charge in [-0.15, -0.1) is 0 Å². The number of benzene rings is 1. The number of amides is 1. The minimum atomic E-state index is -3.77. The van der Waals surface area contributed by atoms with Crippen LogP contribution < -0.4 is 5.14 Å². The van der Waals surface area contributed by atoms with Gasteiger partial charge in [-0.1, -0.05) is 0 Å². The lowest BCUT2D eigenvalue weighted by Gasteiger charge is -2.26. The molecule has 0 spiro atoms. The van der Waals surface area contributed by atoms with Crippen molar-refractivity contribution in [3.8, 4) is 11.4 Å². The molecule has 9 nitrogen and oxygen atoms in total. The summed E-state index contributed by atoms with van der Waals surface area (Å²) in [5, 5.41) is 11.7. The number of nitrogens with one attached hydrogen (secondary N) is 2. The second-order valence-corrected chi connectivity index (χ2v) is 7.61. The van der Waals surface area contributed by atoms with E-state index in [-0.39, 0.29) is 10.8 Å². The van der Waals surface area contributed by atoms with Crippen molar-refractivity contribution in [1.29, 1.82) is 0 Å². The van der Waals surface area contributed by atoms with Crippen LogP contribution in [0.2, 0.25) is 0 Å². The van der Waals surface area contributed by atoms with E-state index in [0.29, 0.717) is 25.1 Å². The number of carbonyl (C=O) groups excluding carboxylic acids is 1. The SMILES string of the molecule is NS(=O)(=O)c1ccc(C(=O)N2CCc3nc(-c4cn[nH]c4)[nH]c3C2)cc1. The molecule has 1 aromatic carbocycles. The third kappa shape index (κ3) is 3.00. The predicted octanol–water partition coefficient (Wildman–Crippen LogP) is 0.646. The first-order valence-corrected chi connectivity index (χ1v) is 9.45. The molecule has 3 heterocycles. The van der Waals surface area contributed by atoms with E-state index in [1.165, 1.54) is 24.3 Å². The molecule has 4 rings (SSSR count). The van der Waals surface area contributed by atoms with Crippen LogP contribution in [0, 0.1) is 0 Å². The Kier molecular flexibility index (Phi) is 3.85. The Balaban J connectivity index is 1.54.